The third kappa shape index (κ3) is 2.39. The molecule has 1 atom stereocenters. The lowest BCUT2D eigenvalue weighted by atomic mass is 10.0. The number of esters is 1. The first-order chi connectivity index (χ1) is 7.79. The van der Waals surface area contributed by atoms with Crippen LogP contribution in [-0.2, 0) is 20.7 Å². The summed E-state index contributed by atoms with van der Waals surface area (Å²) in [6.45, 7) is 0.341. The van der Waals surface area contributed by atoms with E-state index in [1.54, 1.807) is 0 Å². The molecule has 2 rings (SSSR count). The van der Waals surface area contributed by atoms with E-state index in [-0.39, 0.29) is 25.2 Å². The molecule has 0 aliphatic carbocycles. The summed E-state index contributed by atoms with van der Waals surface area (Å²) in [5, 5.41) is 0. The Balaban J connectivity index is 2.03. The van der Waals surface area contributed by atoms with Gasteiger partial charge in [-0.05, 0) is 12.0 Å². The van der Waals surface area contributed by atoms with Gasteiger partial charge in [-0.1, -0.05) is 30.3 Å². The summed E-state index contributed by atoms with van der Waals surface area (Å²) in [7, 11) is 0. The molecule has 4 heteroatoms. The smallest absolute Gasteiger partial charge is 0.325 e. The molecule has 1 heterocycles. The summed E-state index contributed by atoms with van der Waals surface area (Å²) in [6.07, 6.45) is 1.43. The second kappa shape index (κ2) is 4.79. The number of carbonyl (C=O) groups excluding carboxylic acids is 2. The zero-order valence-corrected chi connectivity index (χ0v) is 8.83. The minimum Gasteiger partial charge on any atom is -0.462 e. The van der Waals surface area contributed by atoms with E-state index in [0.29, 0.717) is 12.8 Å². The summed E-state index contributed by atoms with van der Waals surface area (Å²) in [4.78, 5) is 23.3. The molecule has 4 nitrogen and oxygen atoms in total. The van der Waals surface area contributed by atoms with E-state index >= 15 is 0 Å². The lowest BCUT2D eigenvalue weighted by molar-refractivity contribution is -0.157. The topological polar surface area (TPSA) is 46.6 Å². The van der Waals surface area contributed by atoms with Gasteiger partial charge >= 0.3 is 5.97 Å². The fourth-order valence-electron chi connectivity index (χ4n) is 1.79. The van der Waals surface area contributed by atoms with Crippen molar-refractivity contribution in [2.75, 3.05) is 13.2 Å². The largest absolute Gasteiger partial charge is 0.462 e. The standard InChI is InChI=1S/C12H13NO3/c14-9-13-7-12(15)16-8-11(13)6-10-4-2-1-3-5-10/h1-5,9,11H,6-8H2. The Morgan fingerprint density at radius 1 is 1.38 bits per heavy atom. The molecule has 1 aromatic rings. The van der Waals surface area contributed by atoms with Crippen LogP contribution in [0.5, 0.6) is 0 Å². The van der Waals surface area contributed by atoms with E-state index in [1.165, 1.54) is 4.90 Å². The molecule has 0 saturated carbocycles. The lowest BCUT2D eigenvalue weighted by Crippen LogP contribution is -2.48. The zero-order chi connectivity index (χ0) is 11.4. The monoisotopic (exact) mass is 219 g/mol. The van der Waals surface area contributed by atoms with Gasteiger partial charge in [-0.15, -0.1) is 0 Å². The molecular formula is C12H13NO3. The molecule has 1 unspecified atom stereocenters. The number of morpholine rings is 1. The third-order valence-corrected chi connectivity index (χ3v) is 2.67. The number of hydrogen-bond acceptors (Lipinski definition) is 3. The van der Waals surface area contributed by atoms with E-state index in [1.807, 2.05) is 30.3 Å². The van der Waals surface area contributed by atoms with E-state index in [2.05, 4.69) is 0 Å². The van der Waals surface area contributed by atoms with E-state index in [4.69, 9.17) is 4.74 Å². The van der Waals surface area contributed by atoms with Gasteiger partial charge in [0.25, 0.3) is 0 Å². The highest BCUT2D eigenvalue weighted by Gasteiger charge is 2.26. The van der Waals surface area contributed by atoms with Gasteiger partial charge in [0.2, 0.25) is 6.41 Å². The molecule has 0 aromatic heterocycles. The van der Waals surface area contributed by atoms with E-state index in [0.717, 1.165) is 5.56 Å². The van der Waals surface area contributed by atoms with Gasteiger partial charge in [-0.2, -0.15) is 0 Å². The number of amides is 1. The highest BCUT2D eigenvalue weighted by atomic mass is 16.5. The number of rotatable bonds is 3. The second-order valence-electron chi connectivity index (χ2n) is 3.80. The number of nitrogens with zero attached hydrogens (tertiary/aromatic N) is 1. The number of ether oxygens (including phenoxy) is 1. The van der Waals surface area contributed by atoms with Crippen molar-refractivity contribution in [3.05, 3.63) is 35.9 Å². The van der Waals surface area contributed by atoms with E-state index < -0.39 is 0 Å². The Morgan fingerprint density at radius 3 is 2.81 bits per heavy atom. The summed E-state index contributed by atoms with van der Waals surface area (Å²) in [5.74, 6) is -0.337. The van der Waals surface area contributed by atoms with E-state index in [9.17, 15) is 9.59 Å². The van der Waals surface area contributed by atoms with Crippen molar-refractivity contribution in [1.29, 1.82) is 0 Å². The highest BCUT2D eigenvalue weighted by Crippen LogP contribution is 2.12. The first kappa shape index (κ1) is 10.7. The fourth-order valence-corrected chi connectivity index (χ4v) is 1.79. The predicted octanol–water partition coefficient (Wildman–Crippen LogP) is 0.613. The van der Waals surface area contributed by atoms with Gasteiger partial charge in [-0.25, -0.2) is 0 Å². The molecule has 0 radical (unpaired) electrons. The van der Waals surface area contributed by atoms with Crippen LogP contribution in [0.3, 0.4) is 0 Å². The van der Waals surface area contributed by atoms with Gasteiger partial charge < -0.3 is 9.64 Å². The van der Waals surface area contributed by atoms with Crippen molar-refractivity contribution in [1.82, 2.24) is 4.90 Å². The van der Waals surface area contributed by atoms with Crippen LogP contribution in [0.2, 0.25) is 0 Å². The molecule has 0 spiro atoms. The average Bonchev–Trinajstić information content (AvgIpc) is 2.33. The Hall–Kier alpha value is -1.84. The molecule has 1 fully saturated rings. The molecular weight excluding hydrogens is 206 g/mol. The second-order valence-corrected chi connectivity index (χ2v) is 3.80. The molecule has 1 aliphatic rings. The first-order valence-electron chi connectivity index (χ1n) is 5.20. The third-order valence-electron chi connectivity index (χ3n) is 2.67. The van der Waals surface area contributed by atoms with Gasteiger partial charge in [-0.3, -0.25) is 9.59 Å². The Bertz CT molecular complexity index is 377. The average molecular weight is 219 g/mol. The fraction of sp³-hybridized carbons (Fsp3) is 0.333. The molecule has 1 amide bonds. The molecule has 0 bridgehead atoms. The quantitative estimate of drug-likeness (QED) is 0.553. The molecule has 1 aliphatic heterocycles. The lowest BCUT2D eigenvalue weighted by Gasteiger charge is -2.31. The van der Waals surface area contributed by atoms with Gasteiger partial charge in [0.05, 0.1) is 6.04 Å². The Morgan fingerprint density at radius 2 is 2.12 bits per heavy atom. The highest BCUT2D eigenvalue weighted by molar-refractivity contribution is 5.75. The van der Waals surface area contributed by atoms with Crippen molar-refractivity contribution in [3.8, 4) is 0 Å². The van der Waals surface area contributed by atoms with Crippen LogP contribution in [0, 0.1) is 0 Å². The minimum atomic E-state index is -0.337. The number of cyclic esters (lactones) is 1. The van der Waals surface area contributed by atoms with Crippen LogP contribution >= 0.6 is 0 Å². The normalized spacial score (nSPS) is 20.4. The number of carbonyl (C=O) groups is 2. The molecule has 0 N–H and O–H groups in total. The van der Waals surface area contributed by atoms with Gasteiger partial charge in [0, 0.05) is 0 Å². The molecule has 1 saturated heterocycles. The maximum Gasteiger partial charge on any atom is 0.325 e. The molecule has 84 valence electrons. The molecule has 16 heavy (non-hydrogen) atoms. The summed E-state index contributed by atoms with van der Waals surface area (Å²) in [6, 6.07) is 9.81. The number of hydrogen-bond donors (Lipinski definition) is 0. The van der Waals surface area contributed by atoms with Crippen molar-refractivity contribution in [3.63, 3.8) is 0 Å². The maximum atomic E-state index is 11.0. The van der Waals surface area contributed by atoms with Crippen LogP contribution in [0.25, 0.3) is 0 Å². The Kier molecular flexibility index (Phi) is 3.19. The van der Waals surface area contributed by atoms with Crippen LogP contribution < -0.4 is 0 Å². The van der Waals surface area contributed by atoms with Crippen LogP contribution in [-0.4, -0.2) is 36.5 Å². The van der Waals surface area contributed by atoms with Gasteiger partial charge in [0.15, 0.2) is 0 Å². The number of benzene rings is 1. The minimum absolute atomic E-state index is 0.0439. The van der Waals surface area contributed by atoms with Crippen molar-refractivity contribution in [2.45, 2.75) is 12.5 Å². The van der Waals surface area contributed by atoms with Gasteiger partial charge in [0.1, 0.15) is 13.2 Å². The maximum absolute atomic E-state index is 11.0. The summed E-state index contributed by atoms with van der Waals surface area (Å²) in [5.41, 5.74) is 1.14. The van der Waals surface area contributed by atoms with Crippen molar-refractivity contribution in [2.24, 2.45) is 0 Å². The molecule has 1 aromatic carbocycles. The van der Waals surface area contributed by atoms with Crippen molar-refractivity contribution >= 4 is 12.4 Å². The summed E-state index contributed by atoms with van der Waals surface area (Å²) < 4.78 is 4.96. The SMILES string of the molecule is O=CN1CC(=O)OCC1Cc1ccccc1. The van der Waals surface area contributed by atoms with Crippen LogP contribution in [0.4, 0.5) is 0 Å². The first-order valence-corrected chi connectivity index (χ1v) is 5.20. The predicted molar refractivity (Wildman–Crippen MR) is 57.7 cm³/mol. The summed E-state index contributed by atoms with van der Waals surface area (Å²) >= 11 is 0. The van der Waals surface area contributed by atoms with Crippen LogP contribution in [0.15, 0.2) is 30.3 Å². The zero-order valence-electron chi connectivity index (χ0n) is 8.83. The van der Waals surface area contributed by atoms with Crippen LogP contribution in [0.1, 0.15) is 5.56 Å². The Labute approximate surface area is 93.8 Å². The van der Waals surface area contributed by atoms with Crippen molar-refractivity contribution < 1.29 is 14.3 Å².